The molecule has 0 aliphatic heterocycles. The summed E-state index contributed by atoms with van der Waals surface area (Å²) in [5.41, 5.74) is 0.426. The molecule has 0 bridgehead atoms. The smallest absolute Gasteiger partial charge is 0.175 e. The number of halogens is 2. The summed E-state index contributed by atoms with van der Waals surface area (Å²) in [5, 5.41) is 11.9. The molecule has 2 aromatic heterocycles. The number of rotatable bonds is 9. The van der Waals surface area contributed by atoms with Crippen LogP contribution in [-0.2, 0) is 4.74 Å². The molecule has 0 radical (unpaired) electrons. The van der Waals surface area contributed by atoms with Gasteiger partial charge in [-0.05, 0) is 36.8 Å². The van der Waals surface area contributed by atoms with Crippen LogP contribution in [0, 0.1) is 23.0 Å². The average molecular weight is 428 g/mol. The molecule has 0 atom stereocenters. The largest absolute Gasteiger partial charge is 0.453 e. The summed E-state index contributed by atoms with van der Waals surface area (Å²) in [4.78, 5) is 9.39. The van der Waals surface area contributed by atoms with Crippen molar-refractivity contribution in [2.75, 3.05) is 24.8 Å². The molecule has 3 aromatic rings. The molecule has 1 aromatic carbocycles. The van der Waals surface area contributed by atoms with Crippen molar-refractivity contribution in [1.82, 2.24) is 9.97 Å². The monoisotopic (exact) mass is 428 g/mol. The topological polar surface area (TPSA) is 80.1 Å². The maximum atomic E-state index is 13.6. The number of hydrogen-bond donors (Lipinski definition) is 1. The summed E-state index contributed by atoms with van der Waals surface area (Å²) in [6.45, 7) is 0.655. The molecule has 30 heavy (non-hydrogen) atoms. The SMILES string of the molecule is COCCCSc1cnc(Nc2ccc(C#N)cn2)c(Oc2ccc(F)c(F)c2)c1. The normalized spacial score (nSPS) is 10.5. The van der Waals surface area contributed by atoms with E-state index >= 15 is 0 Å². The fraction of sp³-hybridized carbons (Fsp3) is 0.190. The first-order valence-electron chi connectivity index (χ1n) is 8.97. The lowest BCUT2D eigenvalue weighted by Crippen LogP contribution is -2.00. The first-order valence-corrected chi connectivity index (χ1v) is 9.95. The maximum absolute atomic E-state index is 13.6. The molecule has 0 saturated carbocycles. The quantitative estimate of drug-likeness (QED) is 0.366. The van der Waals surface area contributed by atoms with Crippen LogP contribution in [0.15, 0.2) is 53.7 Å². The summed E-state index contributed by atoms with van der Waals surface area (Å²) in [6, 6.07) is 10.3. The fourth-order valence-electron chi connectivity index (χ4n) is 2.39. The minimum atomic E-state index is -1.01. The Morgan fingerprint density at radius 1 is 1.10 bits per heavy atom. The molecule has 9 heteroatoms. The zero-order chi connectivity index (χ0) is 21.3. The van der Waals surface area contributed by atoms with Crippen LogP contribution in [0.5, 0.6) is 11.5 Å². The molecule has 0 spiro atoms. The van der Waals surface area contributed by atoms with E-state index in [9.17, 15) is 8.78 Å². The number of nitriles is 1. The van der Waals surface area contributed by atoms with Gasteiger partial charge >= 0.3 is 0 Å². The van der Waals surface area contributed by atoms with Gasteiger partial charge in [0.1, 0.15) is 17.6 Å². The summed E-state index contributed by atoms with van der Waals surface area (Å²) in [5.74, 6) is 0.119. The van der Waals surface area contributed by atoms with Gasteiger partial charge in [-0.15, -0.1) is 11.8 Å². The second-order valence-corrected chi connectivity index (χ2v) is 7.23. The Morgan fingerprint density at radius 3 is 2.67 bits per heavy atom. The molecule has 2 heterocycles. The Kier molecular flexibility index (Phi) is 7.54. The predicted molar refractivity (Wildman–Crippen MR) is 110 cm³/mol. The summed E-state index contributed by atoms with van der Waals surface area (Å²) in [7, 11) is 1.65. The van der Waals surface area contributed by atoms with E-state index in [-0.39, 0.29) is 5.75 Å². The van der Waals surface area contributed by atoms with Crippen LogP contribution in [0.2, 0.25) is 0 Å². The predicted octanol–water partition coefficient (Wildman–Crippen LogP) is 5.29. The molecule has 6 nitrogen and oxygen atoms in total. The number of benzene rings is 1. The Labute approximate surface area is 176 Å². The molecule has 0 fully saturated rings. The van der Waals surface area contributed by atoms with Crippen LogP contribution in [0.4, 0.5) is 20.4 Å². The molecule has 154 valence electrons. The standard InChI is InChI=1S/C21H18F2N4O2S/c1-28-7-2-8-30-16-10-19(29-15-4-5-17(22)18(23)9-15)21(26-13-16)27-20-6-3-14(11-24)12-25-20/h3-6,9-10,12-13H,2,7-8H2,1H3,(H,25,26,27). The van der Waals surface area contributed by atoms with Gasteiger partial charge in [0, 0.05) is 42.8 Å². The van der Waals surface area contributed by atoms with Crippen molar-refractivity contribution >= 4 is 23.4 Å². The molecule has 0 aliphatic rings. The van der Waals surface area contributed by atoms with Crippen molar-refractivity contribution in [3.8, 4) is 17.6 Å². The zero-order valence-electron chi connectivity index (χ0n) is 16.1. The number of aromatic nitrogens is 2. The van der Waals surface area contributed by atoms with Gasteiger partial charge in [0.2, 0.25) is 0 Å². The Hall–Kier alpha value is -3.22. The van der Waals surface area contributed by atoms with Crippen molar-refractivity contribution in [2.24, 2.45) is 0 Å². The van der Waals surface area contributed by atoms with Crippen molar-refractivity contribution < 1.29 is 18.3 Å². The first-order chi connectivity index (χ1) is 14.6. The number of anilines is 2. The van der Waals surface area contributed by atoms with Gasteiger partial charge in [0.25, 0.3) is 0 Å². The molecule has 0 unspecified atom stereocenters. The van der Waals surface area contributed by atoms with Gasteiger partial charge in [-0.3, -0.25) is 0 Å². The van der Waals surface area contributed by atoms with E-state index in [1.807, 2.05) is 6.07 Å². The van der Waals surface area contributed by atoms with E-state index in [1.165, 1.54) is 12.3 Å². The maximum Gasteiger partial charge on any atom is 0.175 e. The van der Waals surface area contributed by atoms with Crippen LogP contribution in [0.25, 0.3) is 0 Å². The number of methoxy groups -OCH3 is 1. The number of nitrogens with zero attached hydrogens (tertiary/aromatic N) is 3. The second-order valence-electron chi connectivity index (χ2n) is 6.06. The summed E-state index contributed by atoms with van der Waals surface area (Å²) >= 11 is 1.57. The van der Waals surface area contributed by atoms with E-state index < -0.39 is 11.6 Å². The second kappa shape index (κ2) is 10.5. The lowest BCUT2D eigenvalue weighted by atomic mass is 10.3. The van der Waals surface area contributed by atoms with E-state index in [1.54, 1.807) is 43.3 Å². The van der Waals surface area contributed by atoms with Crippen LogP contribution >= 0.6 is 11.8 Å². The molecule has 0 aliphatic carbocycles. The highest BCUT2D eigenvalue weighted by Gasteiger charge is 2.12. The number of ether oxygens (including phenoxy) is 2. The number of nitrogens with one attached hydrogen (secondary N) is 1. The van der Waals surface area contributed by atoms with Crippen molar-refractivity contribution in [1.29, 1.82) is 5.26 Å². The van der Waals surface area contributed by atoms with E-state index in [2.05, 4.69) is 15.3 Å². The molecule has 0 amide bonds. The van der Waals surface area contributed by atoms with Gasteiger partial charge < -0.3 is 14.8 Å². The lowest BCUT2D eigenvalue weighted by Gasteiger charge is -2.13. The van der Waals surface area contributed by atoms with Crippen LogP contribution in [0.3, 0.4) is 0 Å². The summed E-state index contributed by atoms with van der Waals surface area (Å²) < 4.78 is 37.6. The van der Waals surface area contributed by atoms with E-state index in [4.69, 9.17) is 14.7 Å². The summed E-state index contributed by atoms with van der Waals surface area (Å²) in [6.07, 6.45) is 3.98. The van der Waals surface area contributed by atoms with Crippen molar-refractivity contribution in [3.63, 3.8) is 0 Å². The van der Waals surface area contributed by atoms with E-state index in [0.717, 1.165) is 29.2 Å². The fourth-order valence-corrected chi connectivity index (χ4v) is 3.21. The van der Waals surface area contributed by atoms with Gasteiger partial charge in [-0.2, -0.15) is 5.26 Å². The van der Waals surface area contributed by atoms with Gasteiger partial charge in [0.05, 0.1) is 5.56 Å². The first kappa shape index (κ1) is 21.5. The number of hydrogen-bond acceptors (Lipinski definition) is 7. The highest BCUT2D eigenvalue weighted by Crippen LogP contribution is 2.34. The number of thioether (sulfide) groups is 1. The van der Waals surface area contributed by atoms with Crippen LogP contribution < -0.4 is 10.1 Å². The van der Waals surface area contributed by atoms with Crippen LogP contribution in [-0.4, -0.2) is 29.4 Å². The highest BCUT2D eigenvalue weighted by molar-refractivity contribution is 7.99. The Balaban J connectivity index is 1.85. The molecule has 1 N–H and O–H groups in total. The van der Waals surface area contributed by atoms with Crippen molar-refractivity contribution in [3.05, 3.63) is 66.0 Å². The number of pyridine rings is 2. The minimum absolute atomic E-state index is 0.132. The van der Waals surface area contributed by atoms with Gasteiger partial charge in [-0.1, -0.05) is 0 Å². The van der Waals surface area contributed by atoms with Crippen LogP contribution in [0.1, 0.15) is 12.0 Å². The third-order valence-corrected chi connectivity index (χ3v) is 4.90. The molecule has 3 rings (SSSR count). The molecule has 0 saturated heterocycles. The highest BCUT2D eigenvalue weighted by atomic mass is 32.2. The average Bonchev–Trinajstić information content (AvgIpc) is 2.76. The third kappa shape index (κ3) is 5.89. The van der Waals surface area contributed by atoms with Gasteiger partial charge in [0.15, 0.2) is 23.2 Å². The zero-order valence-corrected chi connectivity index (χ0v) is 16.9. The lowest BCUT2D eigenvalue weighted by molar-refractivity contribution is 0.200. The minimum Gasteiger partial charge on any atom is -0.453 e. The Bertz CT molecular complexity index is 1040. The van der Waals surface area contributed by atoms with Gasteiger partial charge in [-0.25, -0.2) is 18.7 Å². The third-order valence-electron chi connectivity index (χ3n) is 3.85. The van der Waals surface area contributed by atoms with E-state index in [0.29, 0.717) is 29.6 Å². The Morgan fingerprint density at radius 2 is 1.97 bits per heavy atom. The van der Waals surface area contributed by atoms with Crippen molar-refractivity contribution in [2.45, 2.75) is 11.3 Å². The molecular formula is C21H18F2N4O2S. The molecular weight excluding hydrogens is 410 g/mol.